The largest absolute Gasteiger partial charge is 0.353 e. The Kier molecular flexibility index (Phi) is 8.41. The summed E-state index contributed by atoms with van der Waals surface area (Å²) in [6, 6.07) is 8.23. The molecule has 5 nitrogen and oxygen atoms in total. The molecule has 2 N–H and O–H groups in total. The van der Waals surface area contributed by atoms with Gasteiger partial charge in [0.05, 0.1) is 12.5 Å². The maximum Gasteiger partial charge on any atom is 0.251 e. The number of alkyl halides is 1. The number of halogens is 1. The second kappa shape index (κ2) is 10.1. The zero-order chi connectivity index (χ0) is 16.4. The van der Waals surface area contributed by atoms with Crippen molar-refractivity contribution in [1.82, 2.24) is 10.6 Å². The molecular formula is C15H18ClN3O2S. The summed E-state index contributed by atoms with van der Waals surface area (Å²) in [5, 5.41) is 13.8. The van der Waals surface area contributed by atoms with Crippen LogP contribution in [0.1, 0.15) is 22.3 Å². The standard InChI is InChI=1S/C15H18ClN3O2S/c1-22-10-13(15(21)18-8-2-7-17)19-14(20)12-5-3-11(9-16)4-6-12/h3-6,13H,2,8-10H2,1H3,(H,18,21)(H,19,20). The van der Waals surface area contributed by atoms with Crippen LogP contribution < -0.4 is 10.6 Å². The van der Waals surface area contributed by atoms with Crippen LogP contribution in [-0.2, 0) is 10.7 Å². The fourth-order valence-electron chi connectivity index (χ4n) is 1.70. The van der Waals surface area contributed by atoms with Gasteiger partial charge in [0.1, 0.15) is 6.04 Å². The first-order chi connectivity index (χ1) is 10.6. The Balaban J connectivity index is 2.66. The van der Waals surface area contributed by atoms with E-state index in [1.807, 2.05) is 12.3 Å². The van der Waals surface area contributed by atoms with Gasteiger partial charge in [0.15, 0.2) is 0 Å². The van der Waals surface area contributed by atoms with Gasteiger partial charge in [0.2, 0.25) is 5.91 Å². The summed E-state index contributed by atoms with van der Waals surface area (Å²) in [5.41, 5.74) is 1.40. The molecule has 0 aliphatic heterocycles. The first-order valence-electron chi connectivity index (χ1n) is 6.71. The Labute approximate surface area is 139 Å². The van der Waals surface area contributed by atoms with E-state index in [-0.39, 0.29) is 24.8 Å². The predicted octanol–water partition coefficient (Wildman–Crippen LogP) is 1.92. The van der Waals surface area contributed by atoms with Gasteiger partial charge in [0.25, 0.3) is 5.91 Å². The van der Waals surface area contributed by atoms with Gasteiger partial charge in [0, 0.05) is 23.7 Å². The lowest BCUT2D eigenvalue weighted by Gasteiger charge is -2.17. The summed E-state index contributed by atoms with van der Waals surface area (Å²) < 4.78 is 0. The second-order valence-corrected chi connectivity index (χ2v) is 5.69. The van der Waals surface area contributed by atoms with Gasteiger partial charge in [-0.3, -0.25) is 9.59 Å². The lowest BCUT2D eigenvalue weighted by atomic mass is 10.1. The van der Waals surface area contributed by atoms with Crippen molar-refractivity contribution < 1.29 is 9.59 Å². The summed E-state index contributed by atoms with van der Waals surface area (Å²) in [6.45, 7) is 0.278. The highest BCUT2D eigenvalue weighted by Crippen LogP contribution is 2.08. The van der Waals surface area contributed by atoms with Gasteiger partial charge in [-0.2, -0.15) is 17.0 Å². The molecule has 1 atom stereocenters. The Morgan fingerprint density at radius 1 is 1.36 bits per heavy atom. The Bertz CT molecular complexity index is 543. The minimum absolute atomic E-state index is 0.242. The van der Waals surface area contributed by atoms with Crippen LogP contribution >= 0.6 is 23.4 Å². The first kappa shape index (κ1) is 18.3. The molecule has 0 saturated heterocycles. The van der Waals surface area contributed by atoms with Crippen molar-refractivity contribution >= 4 is 35.2 Å². The number of amides is 2. The van der Waals surface area contributed by atoms with Crippen LogP contribution in [0.25, 0.3) is 0 Å². The molecule has 1 aromatic carbocycles. The third-order valence-corrected chi connectivity index (χ3v) is 3.84. The van der Waals surface area contributed by atoms with Crippen molar-refractivity contribution in [2.45, 2.75) is 18.3 Å². The van der Waals surface area contributed by atoms with E-state index in [4.69, 9.17) is 16.9 Å². The molecule has 0 aliphatic carbocycles. The highest BCUT2D eigenvalue weighted by atomic mass is 35.5. The van der Waals surface area contributed by atoms with Crippen LogP contribution in [0, 0.1) is 11.3 Å². The van der Waals surface area contributed by atoms with Crippen molar-refractivity contribution in [2.75, 3.05) is 18.6 Å². The monoisotopic (exact) mass is 339 g/mol. The summed E-state index contributed by atoms with van der Waals surface area (Å²) in [5.74, 6) is 0.258. The second-order valence-electron chi connectivity index (χ2n) is 4.51. The molecule has 0 fully saturated rings. The number of hydrogen-bond donors (Lipinski definition) is 2. The van der Waals surface area contributed by atoms with E-state index in [9.17, 15) is 9.59 Å². The number of nitriles is 1. The fraction of sp³-hybridized carbons (Fsp3) is 0.400. The molecule has 2 amide bonds. The number of benzene rings is 1. The summed E-state index contributed by atoms with van der Waals surface area (Å²) >= 11 is 7.17. The zero-order valence-electron chi connectivity index (χ0n) is 12.3. The van der Waals surface area contributed by atoms with E-state index in [0.29, 0.717) is 17.2 Å². The molecule has 0 heterocycles. The highest BCUT2D eigenvalue weighted by Gasteiger charge is 2.20. The topological polar surface area (TPSA) is 82.0 Å². The van der Waals surface area contributed by atoms with Crippen LogP contribution in [0.2, 0.25) is 0 Å². The SMILES string of the molecule is CSCC(NC(=O)c1ccc(CCl)cc1)C(=O)NCCC#N. The number of hydrogen-bond acceptors (Lipinski definition) is 4. The van der Waals surface area contributed by atoms with Crippen molar-refractivity contribution in [3.05, 3.63) is 35.4 Å². The third kappa shape index (κ3) is 5.96. The lowest BCUT2D eigenvalue weighted by Crippen LogP contribution is -2.48. The van der Waals surface area contributed by atoms with Crippen LogP contribution in [0.4, 0.5) is 0 Å². The first-order valence-corrected chi connectivity index (χ1v) is 8.64. The molecule has 0 aromatic heterocycles. The average Bonchev–Trinajstić information content (AvgIpc) is 2.54. The number of rotatable bonds is 8. The Hall–Kier alpha value is -1.71. The molecule has 1 unspecified atom stereocenters. The van der Waals surface area contributed by atoms with Crippen LogP contribution in [0.5, 0.6) is 0 Å². The number of thioether (sulfide) groups is 1. The van der Waals surface area contributed by atoms with Crippen LogP contribution in [0.3, 0.4) is 0 Å². The number of carbonyl (C=O) groups is 2. The molecule has 0 saturated carbocycles. The number of nitrogens with one attached hydrogen (secondary N) is 2. The smallest absolute Gasteiger partial charge is 0.251 e. The van der Waals surface area contributed by atoms with E-state index in [1.165, 1.54) is 11.8 Å². The van der Waals surface area contributed by atoms with Crippen molar-refractivity contribution in [1.29, 1.82) is 5.26 Å². The minimum Gasteiger partial charge on any atom is -0.353 e. The molecule has 0 spiro atoms. The fourth-order valence-corrected chi connectivity index (χ4v) is 2.45. The highest BCUT2D eigenvalue weighted by molar-refractivity contribution is 7.98. The molecule has 0 radical (unpaired) electrons. The van der Waals surface area contributed by atoms with Gasteiger partial charge < -0.3 is 10.6 Å². The normalized spacial score (nSPS) is 11.3. The molecule has 1 rings (SSSR count). The Morgan fingerprint density at radius 2 is 2.05 bits per heavy atom. The predicted molar refractivity (Wildman–Crippen MR) is 88.9 cm³/mol. The van der Waals surface area contributed by atoms with Crippen molar-refractivity contribution in [3.8, 4) is 6.07 Å². The van der Waals surface area contributed by atoms with E-state index < -0.39 is 6.04 Å². The maximum atomic E-state index is 12.2. The van der Waals surface area contributed by atoms with E-state index >= 15 is 0 Å². The molecule has 7 heteroatoms. The average molecular weight is 340 g/mol. The zero-order valence-corrected chi connectivity index (χ0v) is 13.8. The lowest BCUT2D eigenvalue weighted by molar-refractivity contribution is -0.122. The van der Waals surface area contributed by atoms with E-state index in [0.717, 1.165) is 5.56 Å². The number of nitrogens with zero attached hydrogens (tertiary/aromatic N) is 1. The third-order valence-electron chi connectivity index (χ3n) is 2.86. The van der Waals surface area contributed by atoms with Crippen LogP contribution in [0.15, 0.2) is 24.3 Å². The van der Waals surface area contributed by atoms with Crippen molar-refractivity contribution in [3.63, 3.8) is 0 Å². The minimum atomic E-state index is -0.631. The van der Waals surface area contributed by atoms with Gasteiger partial charge in [-0.15, -0.1) is 11.6 Å². The molecule has 1 aromatic rings. The molecule has 0 aliphatic rings. The van der Waals surface area contributed by atoms with Gasteiger partial charge in [-0.1, -0.05) is 12.1 Å². The van der Waals surface area contributed by atoms with E-state index in [1.54, 1.807) is 24.3 Å². The summed E-state index contributed by atoms with van der Waals surface area (Å²) in [7, 11) is 0. The van der Waals surface area contributed by atoms with Gasteiger partial charge in [-0.25, -0.2) is 0 Å². The number of carbonyl (C=O) groups excluding carboxylic acids is 2. The molecular weight excluding hydrogens is 322 g/mol. The quantitative estimate of drug-likeness (QED) is 0.560. The van der Waals surface area contributed by atoms with E-state index in [2.05, 4.69) is 10.6 Å². The summed E-state index contributed by atoms with van der Waals surface area (Å²) in [4.78, 5) is 24.2. The van der Waals surface area contributed by atoms with Crippen LogP contribution in [-0.4, -0.2) is 36.4 Å². The Morgan fingerprint density at radius 3 is 2.59 bits per heavy atom. The summed E-state index contributed by atoms with van der Waals surface area (Å²) in [6.07, 6.45) is 2.10. The molecule has 118 valence electrons. The molecule has 0 bridgehead atoms. The van der Waals surface area contributed by atoms with Crippen molar-refractivity contribution in [2.24, 2.45) is 0 Å². The molecule has 22 heavy (non-hydrogen) atoms. The van der Waals surface area contributed by atoms with Gasteiger partial charge in [-0.05, 0) is 24.0 Å². The maximum absolute atomic E-state index is 12.2. The van der Waals surface area contributed by atoms with Gasteiger partial charge >= 0.3 is 0 Å².